The second-order valence-electron chi connectivity index (χ2n) is 5.91. The van der Waals surface area contributed by atoms with Crippen molar-refractivity contribution in [2.24, 2.45) is 5.41 Å². The molecule has 2 aromatic rings. The maximum Gasteiger partial charge on any atom is 0.303 e. The Morgan fingerprint density at radius 2 is 2.04 bits per heavy atom. The minimum atomic E-state index is -1.67. The van der Waals surface area contributed by atoms with Gasteiger partial charge in [-0.2, -0.15) is 5.10 Å². The first-order valence-electron chi connectivity index (χ1n) is 7.55. The summed E-state index contributed by atoms with van der Waals surface area (Å²) in [6.07, 6.45) is -0.0607. The summed E-state index contributed by atoms with van der Waals surface area (Å²) in [6, 6.07) is 4.47. The van der Waals surface area contributed by atoms with E-state index in [1.54, 1.807) is 0 Å². The molecule has 2 unspecified atom stereocenters. The van der Waals surface area contributed by atoms with Crippen molar-refractivity contribution in [1.82, 2.24) is 14.8 Å². The van der Waals surface area contributed by atoms with Crippen molar-refractivity contribution in [2.75, 3.05) is 13.3 Å². The van der Waals surface area contributed by atoms with Gasteiger partial charge >= 0.3 is 5.97 Å². The maximum atomic E-state index is 13.6. The lowest BCUT2D eigenvalue weighted by Crippen LogP contribution is -2.47. The number of ether oxygens (including phenoxy) is 2. The third-order valence-corrected chi connectivity index (χ3v) is 4.22. The van der Waals surface area contributed by atoms with E-state index in [9.17, 15) is 13.6 Å². The number of benzene rings is 1. The highest BCUT2D eigenvalue weighted by atomic mass is 35.5. The van der Waals surface area contributed by atoms with Crippen LogP contribution < -0.4 is 4.74 Å². The van der Waals surface area contributed by atoms with E-state index in [-0.39, 0.29) is 10.8 Å². The molecule has 0 aliphatic carbocycles. The van der Waals surface area contributed by atoms with Gasteiger partial charge < -0.3 is 9.47 Å². The molecule has 26 heavy (non-hydrogen) atoms. The van der Waals surface area contributed by atoms with Crippen LogP contribution in [0.15, 0.2) is 30.9 Å². The van der Waals surface area contributed by atoms with Gasteiger partial charge in [-0.05, 0) is 18.2 Å². The van der Waals surface area contributed by atoms with Crippen molar-refractivity contribution in [3.63, 3.8) is 0 Å². The Morgan fingerprint density at radius 1 is 1.35 bits per heavy atom. The first kappa shape index (κ1) is 20.4. The number of esters is 1. The summed E-state index contributed by atoms with van der Waals surface area (Å²) >= 11 is 12.0. The molecule has 0 amide bonds. The molecule has 0 N–H and O–H groups in total. The summed E-state index contributed by atoms with van der Waals surface area (Å²) in [7, 11) is 0. The van der Waals surface area contributed by atoms with E-state index in [2.05, 4.69) is 10.1 Å². The highest BCUT2D eigenvalue weighted by Gasteiger charge is 2.45. The molecule has 1 aromatic heterocycles. The molecule has 0 bridgehead atoms. The van der Waals surface area contributed by atoms with Crippen LogP contribution in [0.2, 0.25) is 10.0 Å². The first-order chi connectivity index (χ1) is 12.3. The molecular weight excluding hydrogens is 391 g/mol. The number of hydrogen-bond donors (Lipinski definition) is 0. The second-order valence-corrected chi connectivity index (χ2v) is 6.75. The molecule has 1 aromatic carbocycles. The lowest BCUT2D eigenvalue weighted by molar-refractivity contribution is -0.172. The van der Waals surface area contributed by atoms with E-state index >= 15 is 0 Å². The van der Waals surface area contributed by atoms with Crippen molar-refractivity contribution in [3.05, 3.63) is 40.9 Å². The van der Waals surface area contributed by atoms with Gasteiger partial charge in [-0.1, -0.05) is 30.1 Å². The van der Waals surface area contributed by atoms with Crippen LogP contribution in [0.1, 0.15) is 20.1 Å². The normalized spacial score (nSPS) is 13.9. The summed E-state index contributed by atoms with van der Waals surface area (Å²) in [5, 5.41) is 4.50. The number of hydrogen-bond acceptors (Lipinski definition) is 5. The van der Waals surface area contributed by atoms with Gasteiger partial charge in [0.1, 0.15) is 31.8 Å². The SMILES string of the molecule is CC(=O)OC(C(Oc1ccc(Cl)cc1Cl)n1cncn1)C(C)(CF)CF. The fraction of sp³-hybridized carbons (Fsp3) is 0.438. The van der Waals surface area contributed by atoms with Gasteiger partial charge in [0.2, 0.25) is 6.23 Å². The number of alkyl halides is 2. The van der Waals surface area contributed by atoms with Crippen molar-refractivity contribution in [2.45, 2.75) is 26.2 Å². The van der Waals surface area contributed by atoms with Crippen LogP contribution in [0.4, 0.5) is 8.78 Å². The van der Waals surface area contributed by atoms with Gasteiger partial charge in [0, 0.05) is 11.9 Å². The topological polar surface area (TPSA) is 66.2 Å². The standard InChI is InChI=1S/C16H17Cl2F2N3O3/c1-10(24)25-14(16(2,6-19)7-20)15(23-9-21-8-22-23)26-13-4-3-11(17)5-12(13)18/h3-5,8-9,14-15H,6-7H2,1-2H3. The van der Waals surface area contributed by atoms with E-state index in [1.165, 1.54) is 42.5 Å². The molecule has 0 saturated carbocycles. The third kappa shape index (κ3) is 4.62. The van der Waals surface area contributed by atoms with Crippen LogP contribution >= 0.6 is 23.2 Å². The number of halogens is 4. The molecule has 2 rings (SSSR count). The number of rotatable bonds is 8. The highest BCUT2D eigenvalue weighted by molar-refractivity contribution is 6.35. The van der Waals surface area contributed by atoms with Crippen LogP contribution in [0.5, 0.6) is 5.75 Å². The molecule has 0 fully saturated rings. The molecule has 0 saturated heterocycles. The van der Waals surface area contributed by atoms with Gasteiger partial charge in [0.15, 0.2) is 6.10 Å². The molecule has 0 aliphatic rings. The summed E-state index contributed by atoms with van der Waals surface area (Å²) in [4.78, 5) is 15.4. The van der Waals surface area contributed by atoms with E-state index in [4.69, 9.17) is 32.7 Å². The number of aromatic nitrogens is 3. The van der Waals surface area contributed by atoms with E-state index in [0.717, 1.165) is 6.92 Å². The third-order valence-electron chi connectivity index (χ3n) is 3.69. The molecule has 0 spiro atoms. The van der Waals surface area contributed by atoms with Crippen LogP contribution in [-0.2, 0) is 9.53 Å². The lowest BCUT2D eigenvalue weighted by atomic mass is 9.85. The van der Waals surface area contributed by atoms with Gasteiger partial charge in [0.25, 0.3) is 0 Å². The Bertz CT molecular complexity index is 742. The first-order valence-corrected chi connectivity index (χ1v) is 8.31. The monoisotopic (exact) mass is 407 g/mol. The highest BCUT2D eigenvalue weighted by Crippen LogP contribution is 2.37. The average molecular weight is 408 g/mol. The average Bonchev–Trinajstić information content (AvgIpc) is 3.13. The Hall–Kier alpha value is -1.93. The van der Waals surface area contributed by atoms with Gasteiger partial charge in [-0.15, -0.1) is 0 Å². The van der Waals surface area contributed by atoms with Crippen LogP contribution in [0.3, 0.4) is 0 Å². The number of carbonyl (C=O) groups is 1. The minimum absolute atomic E-state index is 0.173. The van der Waals surface area contributed by atoms with Crippen LogP contribution in [0, 0.1) is 5.41 Å². The Balaban J connectivity index is 2.48. The molecule has 2 atom stereocenters. The summed E-state index contributed by atoms with van der Waals surface area (Å²) in [5.74, 6) is -0.548. The van der Waals surface area contributed by atoms with Crippen LogP contribution in [0.25, 0.3) is 0 Å². The van der Waals surface area contributed by atoms with E-state index in [0.29, 0.717) is 5.02 Å². The Labute approximate surface area is 159 Å². The molecular formula is C16H17Cl2F2N3O3. The molecule has 142 valence electrons. The zero-order valence-electron chi connectivity index (χ0n) is 14.0. The van der Waals surface area contributed by atoms with E-state index in [1.807, 2.05) is 0 Å². The van der Waals surface area contributed by atoms with E-state index < -0.39 is 37.1 Å². The zero-order chi connectivity index (χ0) is 19.3. The maximum absolute atomic E-state index is 13.6. The van der Waals surface area contributed by atoms with Crippen molar-refractivity contribution in [3.8, 4) is 5.75 Å². The second kappa shape index (κ2) is 8.64. The van der Waals surface area contributed by atoms with Gasteiger partial charge in [-0.25, -0.2) is 9.67 Å². The summed E-state index contributed by atoms with van der Waals surface area (Å²) in [6.45, 7) is 0.254. The predicted octanol–water partition coefficient (Wildman–Crippen LogP) is 4.04. The fourth-order valence-electron chi connectivity index (χ4n) is 2.22. The van der Waals surface area contributed by atoms with Gasteiger partial charge in [-0.3, -0.25) is 13.6 Å². The molecule has 0 radical (unpaired) electrons. The number of nitrogens with zero attached hydrogens (tertiary/aromatic N) is 3. The largest absolute Gasteiger partial charge is 0.463 e. The van der Waals surface area contributed by atoms with Gasteiger partial charge in [0.05, 0.1) is 10.4 Å². The number of carbonyl (C=O) groups excluding carboxylic acids is 1. The van der Waals surface area contributed by atoms with Crippen molar-refractivity contribution in [1.29, 1.82) is 0 Å². The fourth-order valence-corrected chi connectivity index (χ4v) is 2.67. The van der Waals surface area contributed by atoms with Crippen LogP contribution in [-0.4, -0.2) is 40.2 Å². The summed E-state index contributed by atoms with van der Waals surface area (Å²) < 4.78 is 39.5. The Kier molecular flexibility index (Phi) is 6.77. The molecule has 6 nitrogen and oxygen atoms in total. The lowest BCUT2D eigenvalue weighted by Gasteiger charge is -2.37. The van der Waals surface area contributed by atoms with Crippen molar-refractivity contribution < 1.29 is 23.0 Å². The minimum Gasteiger partial charge on any atom is -0.463 e. The summed E-state index contributed by atoms with van der Waals surface area (Å²) in [5.41, 5.74) is -1.67. The molecule has 10 heteroatoms. The van der Waals surface area contributed by atoms with Crippen molar-refractivity contribution >= 4 is 29.2 Å². The smallest absolute Gasteiger partial charge is 0.303 e. The Morgan fingerprint density at radius 3 is 2.54 bits per heavy atom. The molecule has 0 aliphatic heterocycles. The predicted molar refractivity (Wildman–Crippen MR) is 91.8 cm³/mol. The zero-order valence-corrected chi connectivity index (χ0v) is 15.5. The quantitative estimate of drug-likeness (QED) is 0.617. The molecule has 1 heterocycles.